The second kappa shape index (κ2) is 4.31. The summed E-state index contributed by atoms with van der Waals surface area (Å²) in [7, 11) is 0. The summed E-state index contributed by atoms with van der Waals surface area (Å²) in [6.07, 6.45) is 0. The number of hydrogen-bond donors (Lipinski definition) is 0. The Morgan fingerprint density at radius 3 is 2.37 bits per heavy atom. The Balaban J connectivity index is 2.19. The van der Waals surface area contributed by atoms with Gasteiger partial charge >= 0.3 is 0 Å². The third-order valence-electron chi connectivity index (χ3n) is 3.22. The van der Waals surface area contributed by atoms with Gasteiger partial charge in [-0.05, 0) is 46.6 Å². The Kier molecular flexibility index (Phi) is 2.75. The van der Waals surface area contributed by atoms with E-state index in [4.69, 9.17) is 0 Å². The molecule has 1 heterocycles. The number of imide groups is 1. The fourth-order valence-corrected chi connectivity index (χ4v) is 2.81. The summed E-state index contributed by atoms with van der Waals surface area (Å²) in [5.74, 6) is -0.544. The van der Waals surface area contributed by atoms with Crippen molar-refractivity contribution in [3.63, 3.8) is 0 Å². The number of nitrogens with zero attached hydrogens (tertiary/aromatic N) is 1. The van der Waals surface area contributed by atoms with Crippen molar-refractivity contribution in [1.82, 2.24) is 0 Å². The highest BCUT2D eigenvalue weighted by molar-refractivity contribution is 9.10. The Labute approximate surface area is 119 Å². The van der Waals surface area contributed by atoms with Gasteiger partial charge in [0.2, 0.25) is 0 Å². The molecule has 19 heavy (non-hydrogen) atoms. The number of halogens is 1. The molecule has 0 spiro atoms. The van der Waals surface area contributed by atoms with Gasteiger partial charge in [0.1, 0.15) is 0 Å². The van der Waals surface area contributed by atoms with Crippen LogP contribution in [0.25, 0.3) is 0 Å². The quantitative estimate of drug-likeness (QED) is 0.755. The number of aryl methyl sites for hydroxylation is 1. The SMILES string of the molecule is Cc1ccccc1N1C(=O)c2cccc(Br)c2C1=O. The topological polar surface area (TPSA) is 37.4 Å². The third kappa shape index (κ3) is 1.71. The molecule has 3 nitrogen and oxygen atoms in total. The smallest absolute Gasteiger partial charge is 0.267 e. The first kappa shape index (κ1) is 12.1. The number of amides is 2. The summed E-state index contributed by atoms with van der Waals surface area (Å²) in [5, 5.41) is 0. The van der Waals surface area contributed by atoms with Crippen molar-refractivity contribution in [1.29, 1.82) is 0 Å². The van der Waals surface area contributed by atoms with Gasteiger partial charge in [-0.25, -0.2) is 4.90 Å². The van der Waals surface area contributed by atoms with Gasteiger partial charge in [-0.15, -0.1) is 0 Å². The summed E-state index contributed by atoms with van der Waals surface area (Å²) in [6, 6.07) is 12.6. The van der Waals surface area contributed by atoms with Gasteiger partial charge in [-0.3, -0.25) is 9.59 Å². The first-order chi connectivity index (χ1) is 9.11. The van der Waals surface area contributed by atoms with E-state index in [0.717, 1.165) is 5.56 Å². The van der Waals surface area contributed by atoms with Crippen LogP contribution < -0.4 is 4.90 Å². The van der Waals surface area contributed by atoms with E-state index in [1.54, 1.807) is 24.3 Å². The molecule has 1 aliphatic heterocycles. The molecule has 0 unspecified atom stereocenters. The molecular weight excluding hydrogens is 306 g/mol. The van der Waals surface area contributed by atoms with E-state index in [0.29, 0.717) is 21.3 Å². The minimum absolute atomic E-state index is 0.268. The van der Waals surface area contributed by atoms with E-state index >= 15 is 0 Å². The fraction of sp³-hybridized carbons (Fsp3) is 0.0667. The molecule has 0 saturated heterocycles. The van der Waals surface area contributed by atoms with Crippen molar-refractivity contribution < 1.29 is 9.59 Å². The van der Waals surface area contributed by atoms with Crippen molar-refractivity contribution in [2.75, 3.05) is 4.90 Å². The molecule has 0 atom stereocenters. The van der Waals surface area contributed by atoms with Crippen molar-refractivity contribution in [2.45, 2.75) is 6.92 Å². The molecule has 0 aliphatic carbocycles. The van der Waals surface area contributed by atoms with E-state index in [9.17, 15) is 9.59 Å². The summed E-state index contributed by atoms with van der Waals surface area (Å²) in [4.78, 5) is 26.1. The minimum Gasteiger partial charge on any atom is -0.268 e. The maximum absolute atomic E-state index is 12.5. The number of fused-ring (bicyclic) bond motifs is 1. The highest BCUT2D eigenvalue weighted by Gasteiger charge is 2.38. The molecule has 0 radical (unpaired) electrons. The molecule has 4 heteroatoms. The monoisotopic (exact) mass is 315 g/mol. The van der Waals surface area contributed by atoms with Crippen molar-refractivity contribution in [2.24, 2.45) is 0 Å². The van der Waals surface area contributed by atoms with Crippen LogP contribution in [0.5, 0.6) is 0 Å². The maximum atomic E-state index is 12.5. The highest BCUT2D eigenvalue weighted by atomic mass is 79.9. The average molecular weight is 316 g/mol. The number of rotatable bonds is 1. The minimum atomic E-state index is -0.276. The standard InChI is InChI=1S/C15H10BrNO2/c1-9-5-2-3-8-12(9)17-14(18)10-6-4-7-11(16)13(10)15(17)19/h2-8H,1H3. The Morgan fingerprint density at radius 1 is 0.947 bits per heavy atom. The van der Waals surface area contributed by atoms with E-state index < -0.39 is 0 Å². The first-order valence-electron chi connectivity index (χ1n) is 5.84. The van der Waals surface area contributed by atoms with E-state index in [1.165, 1.54) is 4.90 Å². The normalized spacial score (nSPS) is 13.9. The van der Waals surface area contributed by atoms with Crippen LogP contribution in [0.4, 0.5) is 5.69 Å². The Morgan fingerprint density at radius 2 is 1.68 bits per heavy atom. The van der Waals surface area contributed by atoms with Crippen molar-refractivity contribution in [3.05, 3.63) is 63.6 Å². The molecule has 0 aromatic heterocycles. The van der Waals surface area contributed by atoms with Gasteiger partial charge in [0, 0.05) is 4.47 Å². The average Bonchev–Trinajstić information content (AvgIpc) is 2.64. The van der Waals surface area contributed by atoms with Crippen LogP contribution in [-0.4, -0.2) is 11.8 Å². The number of hydrogen-bond acceptors (Lipinski definition) is 2. The van der Waals surface area contributed by atoms with Gasteiger partial charge < -0.3 is 0 Å². The van der Waals surface area contributed by atoms with E-state index in [2.05, 4.69) is 15.9 Å². The van der Waals surface area contributed by atoms with Crippen molar-refractivity contribution in [3.8, 4) is 0 Å². The largest absolute Gasteiger partial charge is 0.268 e. The predicted molar refractivity (Wildman–Crippen MR) is 76.5 cm³/mol. The number of anilines is 1. The molecule has 0 bridgehead atoms. The van der Waals surface area contributed by atoms with Gasteiger partial charge in [0.25, 0.3) is 11.8 Å². The lowest BCUT2D eigenvalue weighted by Crippen LogP contribution is -2.30. The number of para-hydroxylation sites is 1. The molecule has 0 saturated carbocycles. The summed E-state index contributed by atoms with van der Waals surface area (Å²) >= 11 is 3.33. The number of carbonyl (C=O) groups excluding carboxylic acids is 2. The Bertz CT molecular complexity index is 709. The molecule has 3 rings (SSSR count). The van der Waals surface area contributed by atoms with Gasteiger partial charge in [0.05, 0.1) is 16.8 Å². The van der Waals surface area contributed by atoms with Crippen LogP contribution in [0.1, 0.15) is 26.3 Å². The van der Waals surface area contributed by atoms with Crippen LogP contribution in [-0.2, 0) is 0 Å². The lowest BCUT2D eigenvalue weighted by atomic mass is 10.1. The molecule has 2 aromatic carbocycles. The summed E-state index contributed by atoms with van der Waals surface area (Å²) in [6.45, 7) is 1.88. The number of carbonyl (C=O) groups is 2. The lowest BCUT2D eigenvalue weighted by Gasteiger charge is -2.16. The van der Waals surface area contributed by atoms with Crippen LogP contribution in [0, 0.1) is 6.92 Å². The fourth-order valence-electron chi connectivity index (χ4n) is 2.28. The Hall–Kier alpha value is -1.94. The van der Waals surface area contributed by atoms with Gasteiger partial charge in [-0.1, -0.05) is 24.3 Å². The van der Waals surface area contributed by atoms with Crippen molar-refractivity contribution >= 4 is 33.4 Å². The summed E-state index contributed by atoms with van der Waals surface area (Å²) in [5.41, 5.74) is 2.42. The van der Waals surface area contributed by atoms with E-state index in [1.807, 2.05) is 25.1 Å². The first-order valence-corrected chi connectivity index (χ1v) is 6.63. The van der Waals surface area contributed by atoms with Crippen LogP contribution in [0.2, 0.25) is 0 Å². The molecular formula is C15H10BrNO2. The molecule has 2 amide bonds. The maximum Gasteiger partial charge on any atom is 0.267 e. The molecule has 1 aliphatic rings. The highest BCUT2D eigenvalue weighted by Crippen LogP contribution is 2.33. The predicted octanol–water partition coefficient (Wildman–Crippen LogP) is 3.56. The van der Waals surface area contributed by atoms with Crippen LogP contribution in [0.15, 0.2) is 46.9 Å². The number of benzene rings is 2. The van der Waals surface area contributed by atoms with Crippen LogP contribution >= 0.6 is 15.9 Å². The second-order valence-corrected chi connectivity index (χ2v) is 5.25. The second-order valence-electron chi connectivity index (χ2n) is 4.39. The molecule has 94 valence electrons. The lowest BCUT2D eigenvalue weighted by molar-refractivity contribution is 0.0925. The summed E-state index contributed by atoms with van der Waals surface area (Å²) < 4.78 is 0.652. The zero-order valence-corrected chi connectivity index (χ0v) is 11.8. The van der Waals surface area contributed by atoms with E-state index in [-0.39, 0.29) is 11.8 Å². The molecule has 0 N–H and O–H groups in total. The van der Waals surface area contributed by atoms with Gasteiger partial charge in [0.15, 0.2) is 0 Å². The van der Waals surface area contributed by atoms with Crippen LogP contribution in [0.3, 0.4) is 0 Å². The zero-order chi connectivity index (χ0) is 13.6. The molecule has 0 fully saturated rings. The zero-order valence-electron chi connectivity index (χ0n) is 10.2. The third-order valence-corrected chi connectivity index (χ3v) is 3.88. The van der Waals surface area contributed by atoms with Gasteiger partial charge in [-0.2, -0.15) is 0 Å². The molecule has 2 aromatic rings.